The van der Waals surface area contributed by atoms with Gasteiger partial charge in [-0.3, -0.25) is 9.59 Å². The molecule has 30 heavy (non-hydrogen) atoms. The summed E-state index contributed by atoms with van der Waals surface area (Å²) >= 11 is 2.82. The number of thioether (sulfide) groups is 1. The number of carbonyl (C=O) groups is 2. The predicted octanol–water partition coefficient (Wildman–Crippen LogP) is 3.74. The average molecular weight is 449 g/mol. The molecule has 0 fully saturated rings. The molecule has 0 spiro atoms. The number of rotatable bonds is 9. The van der Waals surface area contributed by atoms with Crippen LogP contribution in [-0.4, -0.2) is 54.9 Å². The lowest BCUT2D eigenvalue weighted by molar-refractivity contribution is -0.139. The van der Waals surface area contributed by atoms with Crippen LogP contribution in [-0.2, 0) is 14.3 Å². The first-order chi connectivity index (χ1) is 14.6. The van der Waals surface area contributed by atoms with Crippen molar-refractivity contribution in [3.05, 3.63) is 46.2 Å². The van der Waals surface area contributed by atoms with Gasteiger partial charge >= 0.3 is 5.97 Å². The first-order valence-corrected chi connectivity index (χ1v) is 11.5. The summed E-state index contributed by atoms with van der Waals surface area (Å²) in [7, 11) is 3.17. The monoisotopic (exact) mass is 448 g/mol. The first kappa shape index (κ1) is 22.2. The van der Waals surface area contributed by atoms with E-state index >= 15 is 0 Å². The van der Waals surface area contributed by atoms with Crippen molar-refractivity contribution in [3.8, 4) is 11.5 Å². The summed E-state index contributed by atoms with van der Waals surface area (Å²) in [5.74, 6) is 1.02. The number of hydrazone groups is 1. The number of carbonyl (C=O) groups excluding carboxylic acids is 2. The number of amides is 1. The largest absolute Gasteiger partial charge is 0.493 e. The van der Waals surface area contributed by atoms with Crippen molar-refractivity contribution < 1.29 is 23.8 Å². The van der Waals surface area contributed by atoms with Crippen molar-refractivity contribution in [1.29, 1.82) is 0 Å². The molecule has 7 nitrogen and oxygen atoms in total. The van der Waals surface area contributed by atoms with Crippen molar-refractivity contribution in [2.45, 2.75) is 19.4 Å². The Bertz CT molecular complexity index is 914. The third-order valence-corrected chi connectivity index (χ3v) is 6.32. The Morgan fingerprint density at radius 1 is 1.20 bits per heavy atom. The normalized spacial score (nSPS) is 15.6. The lowest BCUT2D eigenvalue weighted by Crippen LogP contribution is -2.29. The summed E-state index contributed by atoms with van der Waals surface area (Å²) in [6, 6.07) is 9.34. The second-order valence-electron chi connectivity index (χ2n) is 6.39. The molecular weight excluding hydrogens is 424 g/mol. The summed E-state index contributed by atoms with van der Waals surface area (Å²) in [6.45, 7) is 2.09. The number of ether oxygens (including phenoxy) is 3. The van der Waals surface area contributed by atoms with Gasteiger partial charge in [-0.25, -0.2) is 5.01 Å². The zero-order valence-corrected chi connectivity index (χ0v) is 18.8. The maximum atomic E-state index is 13.0. The molecule has 1 atom stereocenters. The first-order valence-electron chi connectivity index (χ1n) is 9.46. The van der Waals surface area contributed by atoms with Crippen molar-refractivity contribution in [2.75, 3.05) is 32.3 Å². The molecular formula is C21H24N2O5S2. The van der Waals surface area contributed by atoms with Gasteiger partial charge in [-0.1, -0.05) is 12.1 Å². The minimum atomic E-state index is -0.323. The van der Waals surface area contributed by atoms with E-state index in [0.717, 1.165) is 16.2 Å². The molecule has 160 valence electrons. The number of benzene rings is 1. The molecule has 3 rings (SSSR count). The third-order valence-electron chi connectivity index (χ3n) is 4.51. The summed E-state index contributed by atoms with van der Waals surface area (Å²) in [5, 5.41) is 8.14. The molecule has 0 N–H and O–H groups in total. The van der Waals surface area contributed by atoms with E-state index in [0.29, 0.717) is 24.5 Å². The van der Waals surface area contributed by atoms with Crippen LogP contribution in [0.15, 0.2) is 40.8 Å². The van der Waals surface area contributed by atoms with E-state index < -0.39 is 0 Å². The highest BCUT2D eigenvalue weighted by atomic mass is 32.2. The highest BCUT2D eigenvalue weighted by molar-refractivity contribution is 8.00. The van der Waals surface area contributed by atoms with Crippen LogP contribution in [0.1, 0.15) is 29.8 Å². The number of thiophene rings is 1. The van der Waals surface area contributed by atoms with Gasteiger partial charge in [0, 0.05) is 6.42 Å². The number of esters is 1. The zero-order valence-electron chi connectivity index (χ0n) is 17.1. The van der Waals surface area contributed by atoms with Crippen molar-refractivity contribution in [3.63, 3.8) is 0 Å². The second kappa shape index (κ2) is 10.5. The summed E-state index contributed by atoms with van der Waals surface area (Å²) in [4.78, 5) is 25.5. The van der Waals surface area contributed by atoms with Gasteiger partial charge in [-0.2, -0.15) is 5.10 Å². The molecule has 1 aliphatic rings. The van der Waals surface area contributed by atoms with E-state index in [2.05, 4.69) is 5.10 Å². The van der Waals surface area contributed by atoms with E-state index in [1.54, 1.807) is 32.5 Å². The van der Waals surface area contributed by atoms with Gasteiger partial charge in [0.05, 0.1) is 49.0 Å². The Morgan fingerprint density at radius 2 is 2.00 bits per heavy atom. The lowest BCUT2D eigenvalue weighted by atomic mass is 10.0. The van der Waals surface area contributed by atoms with Gasteiger partial charge in [-0.05, 0) is 36.1 Å². The second-order valence-corrected chi connectivity index (χ2v) is 8.33. The smallest absolute Gasteiger partial charge is 0.315 e. The fraction of sp³-hybridized carbons (Fsp3) is 0.381. The van der Waals surface area contributed by atoms with Crippen LogP contribution in [0.5, 0.6) is 11.5 Å². The van der Waals surface area contributed by atoms with Crippen LogP contribution in [0.25, 0.3) is 0 Å². The lowest BCUT2D eigenvalue weighted by Gasteiger charge is -2.22. The minimum absolute atomic E-state index is 0.135. The topological polar surface area (TPSA) is 77.4 Å². The molecule has 0 aliphatic carbocycles. The Hall–Kier alpha value is -2.52. The van der Waals surface area contributed by atoms with Crippen molar-refractivity contribution >= 4 is 40.7 Å². The fourth-order valence-electron chi connectivity index (χ4n) is 3.14. The Morgan fingerprint density at radius 3 is 2.67 bits per heavy atom. The van der Waals surface area contributed by atoms with E-state index in [1.807, 2.05) is 35.7 Å². The van der Waals surface area contributed by atoms with Crippen LogP contribution in [0.3, 0.4) is 0 Å². The molecule has 0 radical (unpaired) electrons. The summed E-state index contributed by atoms with van der Waals surface area (Å²) in [6.07, 6.45) is 0.601. The predicted molar refractivity (Wildman–Crippen MR) is 119 cm³/mol. The molecule has 1 amide bonds. The summed E-state index contributed by atoms with van der Waals surface area (Å²) in [5.41, 5.74) is 1.78. The maximum absolute atomic E-state index is 13.0. The highest BCUT2D eigenvalue weighted by Gasteiger charge is 2.33. The van der Waals surface area contributed by atoms with E-state index in [-0.39, 0.29) is 29.4 Å². The molecule has 1 aliphatic heterocycles. The molecule has 2 heterocycles. The van der Waals surface area contributed by atoms with Crippen molar-refractivity contribution in [1.82, 2.24) is 5.01 Å². The Balaban J connectivity index is 1.80. The van der Waals surface area contributed by atoms with Gasteiger partial charge in [0.25, 0.3) is 5.91 Å². The van der Waals surface area contributed by atoms with Crippen LogP contribution in [0.2, 0.25) is 0 Å². The van der Waals surface area contributed by atoms with Gasteiger partial charge in [0.15, 0.2) is 11.5 Å². The number of nitrogens with zero attached hydrogens (tertiary/aromatic N) is 2. The Kier molecular flexibility index (Phi) is 7.75. The van der Waals surface area contributed by atoms with Gasteiger partial charge in [0.2, 0.25) is 0 Å². The molecule has 0 saturated carbocycles. The van der Waals surface area contributed by atoms with Crippen LogP contribution < -0.4 is 9.47 Å². The fourth-order valence-corrected chi connectivity index (χ4v) is 4.52. The van der Waals surface area contributed by atoms with E-state index in [1.165, 1.54) is 16.8 Å². The maximum Gasteiger partial charge on any atom is 0.315 e. The van der Waals surface area contributed by atoms with Gasteiger partial charge < -0.3 is 14.2 Å². The van der Waals surface area contributed by atoms with Crippen LogP contribution in [0.4, 0.5) is 0 Å². The number of methoxy groups -OCH3 is 2. The molecule has 2 aromatic rings. The SMILES string of the molecule is CCOC(=O)CSCC(=O)N1N=C(c2cccs2)CC1c1ccc(OC)c(OC)c1. The van der Waals surface area contributed by atoms with Crippen LogP contribution >= 0.6 is 23.1 Å². The van der Waals surface area contributed by atoms with E-state index in [9.17, 15) is 9.59 Å². The summed E-state index contributed by atoms with van der Waals surface area (Å²) < 4.78 is 15.7. The molecule has 1 aromatic heterocycles. The average Bonchev–Trinajstić information content (AvgIpc) is 3.43. The molecule has 0 bridgehead atoms. The van der Waals surface area contributed by atoms with Gasteiger partial charge in [-0.15, -0.1) is 23.1 Å². The van der Waals surface area contributed by atoms with E-state index in [4.69, 9.17) is 14.2 Å². The Labute approximate surface area is 184 Å². The molecule has 0 saturated heterocycles. The number of hydrogen-bond donors (Lipinski definition) is 0. The number of hydrogen-bond acceptors (Lipinski definition) is 8. The minimum Gasteiger partial charge on any atom is -0.493 e. The molecule has 1 aromatic carbocycles. The highest BCUT2D eigenvalue weighted by Crippen LogP contribution is 2.38. The standard InChI is InChI=1S/C21H24N2O5S2/c1-4-28-21(25)13-29-12-20(24)23-16(11-15(22-23)19-6-5-9-30-19)14-7-8-17(26-2)18(10-14)27-3/h5-10,16H,4,11-13H2,1-3H3. The molecule has 9 heteroatoms. The quantitative estimate of drug-likeness (QED) is 0.544. The van der Waals surface area contributed by atoms with Crippen LogP contribution in [0, 0.1) is 0 Å². The van der Waals surface area contributed by atoms with Crippen molar-refractivity contribution in [2.24, 2.45) is 5.10 Å². The van der Waals surface area contributed by atoms with Gasteiger partial charge in [0.1, 0.15) is 0 Å². The third kappa shape index (κ3) is 5.14. The molecule has 1 unspecified atom stereocenters. The zero-order chi connectivity index (χ0) is 21.5.